The normalized spacial score (nSPS) is 11.9. The van der Waals surface area contributed by atoms with Gasteiger partial charge in [-0.2, -0.15) is 0 Å². The summed E-state index contributed by atoms with van der Waals surface area (Å²) in [4.78, 5) is 2.37. The van der Waals surface area contributed by atoms with Gasteiger partial charge in [0.15, 0.2) is 0 Å². The molecule has 0 amide bonds. The first-order valence-corrected chi connectivity index (χ1v) is 13.9. The maximum atomic E-state index is 6.37. The Morgan fingerprint density at radius 2 is 0.976 bits per heavy atom. The number of hydrogen-bond acceptors (Lipinski definition) is 3. The van der Waals surface area contributed by atoms with Crippen LogP contribution in [0, 0.1) is 0 Å². The van der Waals surface area contributed by atoms with Crippen LogP contribution in [0.3, 0.4) is 0 Å². The summed E-state index contributed by atoms with van der Waals surface area (Å²) in [5, 5.41) is 9.26. The van der Waals surface area contributed by atoms with Crippen molar-refractivity contribution in [1.29, 1.82) is 0 Å². The molecule has 3 nitrogen and oxygen atoms in total. The second kappa shape index (κ2) is 8.48. The van der Waals surface area contributed by atoms with E-state index in [1.165, 1.54) is 21.5 Å². The number of furan rings is 2. The molecule has 2 heterocycles. The number of fused-ring (bicyclic) bond motifs is 9. The zero-order valence-electron chi connectivity index (χ0n) is 22.0. The van der Waals surface area contributed by atoms with Crippen LogP contribution in [0.1, 0.15) is 0 Å². The molecule has 0 fully saturated rings. The molecule has 0 aliphatic rings. The molecule has 0 unspecified atom stereocenters. The van der Waals surface area contributed by atoms with Crippen molar-refractivity contribution in [2.45, 2.75) is 0 Å². The van der Waals surface area contributed by atoms with Crippen LogP contribution in [0.15, 0.2) is 148 Å². The van der Waals surface area contributed by atoms with Gasteiger partial charge in [0.2, 0.25) is 0 Å². The van der Waals surface area contributed by atoms with E-state index in [-0.39, 0.29) is 0 Å². The van der Waals surface area contributed by atoms with Crippen molar-refractivity contribution < 1.29 is 8.83 Å². The maximum Gasteiger partial charge on any atom is 0.137 e. The summed E-state index contributed by atoms with van der Waals surface area (Å²) < 4.78 is 12.7. The van der Waals surface area contributed by atoms with Gasteiger partial charge in [-0.1, -0.05) is 91.0 Å². The standard InChI is InChI=1S/C38H23NO2/c1-2-11-26-24(10-1)22-33(28-13-4-3-12-27(26)28)39(25-20-21-30-29-14-5-7-17-34(29)41-37(30)23-25)32-16-9-19-36-38(32)31-15-6-8-18-35(31)40-36/h1-23H. The molecule has 0 aliphatic heterocycles. The molecule has 0 saturated carbocycles. The lowest BCUT2D eigenvalue weighted by Crippen LogP contribution is -2.11. The molecule has 192 valence electrons. The van der Waals surface area contributed by atoms with Gasteiger partial charge in [0.1, 0.15) is 22.3 Å². The third-order valence-electron chi connectivity index (χ3n) is 8.23. The molecule has 0 bridgehead atoms. The van der Waals surface area contributed by atoms with E-state index >= 15 is 0 Å². The molecular weight excluding hydrogens is 502 g/mol. The van der Waals surface area contributed by atoms with Crippen molar-refractivity contribution in [1.82, 2.24) is 0 Å². The number of nitrogens with zero attached hydrogens (tertiary/aromatic N) is 1. The summed E-state index contributed by atoms with van der Waals surface area (Å²) >= 11 is 0. The van der Waals surface area contributed by atoms with Crippen molar-refractivity contribution in [2.24, 2.45) is 0 Å². The quantitative estimate of drug-likeness (QED) is 0.215. The Morgan fingerprint density at radius 1 is 0.366 bits per heavy atom. The van der Waals surface area contributed by atoms with Crippen LogP contribution in [0.25, 0.3) is 65.4 Å². The smallest absolute Gasteiger partial charge is 0.137 e. The van der Waals surface area contributed by atoms with E-state index in [1.54, 1.807) is 0 Å². The molecule has 3 heteroatoms. The molecular formula is C38H23NO2. The average molecular weight is 526 g/mol. The second-order valence-corrected chi connectivity index (χ2v) is 10.5. The fourth-order valence-electron chi connectivity index (χ4n) is 6.42. The fourth-order valence-corrected chi connectivity index (χ4v) is 6.42. The first-order chi connectivity index (χ1) is 20.3. The van der Waals surface area contributed by atoms with Gasteiger partial charge in [0.25, 0.3) is 0 Å². The predicted octanol–water partition coefficient (Wildman–Crippen LogP) is 11.3. The maximum absolute atomic E-state index is 6.37. The van der Waals surface area contributed by atoms with E-state index in [1.807, 2.05) is 24.3 Å². The minimum absolute atomic E-state index is 0.864. The zero-order valence-corrected chi connectivity index (χ0v) is 22.0. The lowest BCUT2D eigenvalue weighted by molar-refractivity contribution is 0.669. The van der Waals surface area contributed by atoms with Crippen LogP contribution in [0.4, 0.5) is 17.1 Å². The monoisotopic (exact) mass is 525 g/mol. The summed E-state index contributed by atoms with van der Waals surface area (Å²) in [5.74, 6) is 0. The predicted molar refractivity (Wildman–Crippen MR) is 171 cm³/mol. The summed E-state index contributed by atoms with van der Waals surface area (Å²) in [5.41, 5.74) is 6.69. The highest BCUT2D eigenvalue weighted by molar-refractivity contribution is 6.18. The number of anilines is 3. The van der Waals surface area contributed by atoms with Gasteiger partial charge < -0.3 is 13.7 Å². The van der Waals surface area contributed by atoms with E-state index < -0.39 is 0 Å². The highest BCUT2D eigenvalue weighted by Crippen LogP contribution is 2.47. The first-order valence-electron chi connectivity index (χ1n) is 13.9. The fraction of sp³-hybridized carbons (Fsp3) is 0. The Balaban J connectivity index is 1.42. The highest BCUT2D eigenvalue weighted by atomic mass is 16.3. The van der Waals surface area contributed by atoms with Crippen LogP contribution < -0.4 is 4.90 Å². The van der Waals surface area contributed by atoms with E-state index in [9.17, 15) is 0 Å². The third kappa shape index (κ3) is 3.26. The number of rotatable bonds is 3. The Kier molecular flexibility index (Phi) is 4.61. The third-order valence-corrected chi connectivity index (χ3v) is 8.23. The molecule has 0 spiro atoms. The van der Waals surface area contributed by atoms with Crippen molar-refractivity contribution in [2.75, 3.05) is 4.90 Å². The molecule has 41 heavy (non-hydrogen) atoms. The van der Waals surface area contributed by atoms with Crippen LogP contribution in [-0.2, 0) is 0 Å². The minimum atomic E-state index is 0.864. The number of hydrogen-bond donors (Lipinski definition) is 0. The van der Waals surface area contributed by atoms with Crippen LogP contribution >= 0.6 is 0 Å². The Bertz CT molecular complexity index is 2450. The van der Waals surface area contributed by atoms with E-state index in [0.29, 0.717) is 0 Å². The lowest BCUT2D eigenvalue weighted by atomic mass is 9.98. The van der Waals surface area contributed by atoms with Crippen molar-refractivity contribution in [3.63, 3.8) is 0 Å². The minimum Gasteiger partial charge on any atom is -0.456 e. The molecule has 0 N–H and O–H groups in total. The van der Waals surface area contributed by atoms with Gasteiger partial charge in [-0.15, -0.1) is 0 Å². The van der Waals surface area contributed by atoms with Crippen LogP contribution in [0.5, 0.6) is 0 Å². The Morgan fingerprint density at radius 3 is 1.83 bits per heavy atom. The highest BCUT2D eigenvalue weighted by Gasteiger charge is 2.22. The Hall–Kier alpha value is -5.54. The van der Waals surface area contributed by atoms with Gasteiger partial charge in [0.05, 0.1) is 16.8 Å². The van der Waals surface area contributed by atoms with Gasteiger partial charge in [-0.25, -0.2) is 0 Å². The average Bonchev–Trinajstić information content (AvgIpc) is 3.60. The van der Waals surface area contributed by atoms with Crippen molar-refractivity contribution >= 4 is 82.5 Å². The summed E-state index contributed by atoms with van der Waals surface area (Å²) in [6, 6.07) is 49.0. The first kappa shape index (κ1) is 22.3. The van der Waals surface area contributed by atoms with Gasteiger partial charge in [0, 0.05) is 33.3 Å². The summed E-state index contributed by atoms with van der Waals surface area (Å²) in [7, 11) is 0. The number of para-hydroxylation sites is 2. The van der Waals surface area contributed by atoms with Gasteiger partial charge in [-0.05, 0) is 58.6 Å². The molecule has 9 rings (SSSR count). The lowest BCUT2D eigenvalue weighted by Gasteiger charge is -2.28. The van der Waals surface area contributed by atoms with Gasteiger partial charge in [-0.3, -0.25) is 0 Å². The summed E-state index contributed by atoms with van der Waals surface area (Å²) in [6.07, 6.45) is 0. The Labute approximate surface area is 235 Å². The molecule has 2 aromatic heterocycles. The largest absolute Gasteiger partial charge is 0.456 e. The van der Waals surface area contributed by atoms with E-state index in [2.05, 4.69) is 120 Å². The molecule has 9 aromatic rings. The number of benzene rings is 7. The van der Waals surface area contributed by atoms with E-state index in [4.69, 9.17) is 8.83 Å². The zero-order chi connectivity index (χ0) is 26.9. The second-order valence-electron chi connectivity index (χ2n) is 10.5. The van der Waals surface area contributed by atoms with Crippen molar-refractivity contribution in [3.8, 4) is 0 Å². The molecule has 0 atom stereocenters. The molecule has 7 aromatic carbocycles. The van der Waals surface area contributed by atoms with E-state index in [0.717, 1.165) is 60.9 Å². The van der Waals surface area contributed by atoms with Crippen LogP contribution in [0.2, 0.25) is 0 Å². The summed E-state index contributed by atoms with van der Waals surface area (Å²) in [6.45, 7) is 0. The van der Waals surface area contributed by atoms with Crippen molar-refractivity contribution in [3.05, 3.63) is 140 Å². The topological polar surface area (TPSA) is 29.5 Å². The molecule has 0 saturated heterocycles. The molecule has 0 radical (unpaired) electrons. The van der Waals surface area contributed by atoms with Crippen LogP contribution in [-0.4, -0.2) is 0 Å². The SMILES string of the molecule is c1ccc2c(c1)cc(N(c1ccc3c(c1)oc1ccccc13)c1cccc3oc4ccccc4c13)c1ccccc12. The van der Waals surface area contributed by atoms with Gasteiger partial charge >= 0.3 is 0 Å². The molecule has 0 aliphatic carbocycles.